The van der Waals surface area contributed by atoms with E-state index in [1.54, 1.807) is 12.4 Å². The van der Waals surface area contributed by atoms with Crippen LogP contribution >= 0.6 is 0 Å². The monoisotopic (exact) mass is 341 g/mol. The largest absolute Gasteiger partial charge is 0.492 e. The molecule has 132 valence electrons. The number of amides is 2. The number of carbonyl (C=O) groups excluding carboxylic acids is 1. The number of H-pyrrole nitrogens is 1. The number of aromatic amines is 1. The van der Waals surface area contributed by atoms with Crippen LogP contribution in [-0.2, 0) is 0 Å². The average Bonchev–Trinajstić information content (AvgIpc) is 3.14. The Balaban J connectivity index is 1.23. The molecule has 0 spiro atoms. The van der Waals surface area contributed by atoms with Gasteiger partial charge in [-0.25, -0.2) is 4.79 Å². The summed E-state index contributed by atoms with van der Waals surface area (Å²) in [6, 6.07) is 5.96. The molecule has 0 bridgehead atoms. The summed E-state index contributed by atoms with van der Waals surface area (Å²) in [4.78, 5) is 20.5. The number of pyridine rings is 1. The maximum absolute atomic E-state index is 12.2. The molecule has 2 aliphatic rings. The van der Waals surface area contributed by atoms with Crippen molar-refractivity contribution in [1.82, 2.24) is 25.0 Å². The number of nitrogens with one attached hydrogen (secondary N) is 1. The molecule has 1 N–H and O–H groups in total. The highest BCUT2D eigenvalue weighted by molar-refractivity contribution is 5.75. The lowest BCUT2D eigenvalue weighted by molar-refractivity contribution is 0.101. The summed E-state index contributed by atoms with van der Waals surface area (Å²) < 4.78 is 5.89. The van der Waals surface area contributed by atoms with Crippen LogP contribution in [0.15, 0.2) is 30.6 Å². The Kier molecular flexibility index (Phi) is 4.54. The number of nitrogens with zero attached hydrogens (tertiary/aromatic N) is 4. The quantitative estimate of drug-likeness (QED) is 0.926. The molecular weight excluding hydrogens is 318 g/mol. The van der Waals surface area contributed by atoms with Crippen molar-refractivity contribution in [3.63, 3.8) is 0 Å². The summed E-state index contributed by atoms with van der Waals surface area (Å²) in [7, 11) is 0. The van der Waals surface area contributed by atoms with Gasteiger partial charge in [-0.05, 0) is 43.4 Å². The van der Waals surface area contributed by atoms with Crippen molar-refractivity contribution in [2.45, 2.75) is 19.3 Å². The zero-order valence-corrected chi connectivity index (χ0v) is 14.2. The van der Waals surface area contributed by atoms with Gasteiger partial charge in [0, 0.05) is 32.4 Å². The molecule has 2 aliphatic heterocycles. The topological polar surface area (TPSA) is 74.3 Å². The van der Waals surface area contributed by atoms with Gasteiger partial charge in [0.1, 0.15) is 5.75 Å². The van der Waals surface area contributed by atoms with E-state index in [2.05, 4.69) is 15.2 Å². The molecule has 7 heteroatoms. The van der Waals surface area contributed by atoms with Gasteiger partial charge >= 0.3 is 6.03 Å². The van der Waals surface area contributed by atoms with E-state index in [-0.39, 0.29) is 6.03 Å². The standard InChI is InChI=1S/C18H23N5O2/c24-18(22-8-1-9-22)23-10-5-14(6-11-23)13-25-15-2-3-16(19-12-15)17-4-7-20-21-17/h2-4,7,12,14H,1,5-6,8-11,13H2,(H,20,21). The lowest BCUT2D eigenvalue weighted by atomic mass is 9.98. The molecule has 2 aromatic heterocycles. The first kappa shape index (κ1) is 15.9. The number of likely N-dealkylation sites (tertiary alicyclic amines) is 2. The minimum absolute atomic E-state index is 0.212. The van der Waals surface area contributed by atoms with Crippen LogP contribution in [0, 0.1) is 5.92 Å². The number of ether oxygens (including phenoxy) is 1. The average molecular weight is 341 g/mol. The van der Waals surface area contributed by atoms with Crippen LogP contribution in [-0.4, -0.2) is 63.8 Å². The van der Waals surface area contributed by atoms with Crippen LogP contribution in [0.25, 0.3) is 11.4 Å². The smallest absolute Gasteiger partial charge is 0.319 e. The van der Waals surface area contributed by atoms with Gasteiger partial charge in [0.25, 0.3) is 0 Å². The third-order valence-electron chi connectivity index (χ3n) is 5.01. The highest BCUT2D eigenvalue weighted by atomic mass is 16.5. The van der Waals surface area contributed by atoms with E-state index in [4.69, 9.17) is 4.74 Å². The van der Waals surface area contributed by atoms with Crippen LogP contribution in [0.4, 0.5) is 4.79 Å². The fourth-order valence-electron chi connectivity index (χ4n) is 3.24. The van der Waals surface area contributed by atoms with E-state index >= 15 is 0 Å². The Morgan fingerprint density at radius 1 is 1.16 bits per heavy atom. The number of aromatic nitrogens is 3. The Bertz CT molecular complexity index is 689. The van der Waals surface area contributed by atoms with Crippen LogP contribution in [0.5, 0.6) is 5.75 Å². The number of piperidine rings is 1. The van der Waals surface area contributed by atoms with Gasteiger partial charge in [0.05, 0.1) is 24.2 Å². The summed E-state index contributed by atoms with van der Waals surface area (Å²) in [6.45, 7) is 4.18. The molecule has 2 saturated heterocycles. The van der Waals surface area contributed by atoms with E-state index in [1.807, 2.05) is 28.0 Å². The maximum atomic E-state index is 12.2. The molecule has 4 heterocycles. The van der Waals surface area contributed by atoms with E-state index in [0.29, 0.717) is 12.5 Å². The molecule has 0 radical (unpaired) electrons. The van der Waals surface area contributed by atoms with Gasteiger partial charge in [-0.1, -0.05) is 0 Å². The van der Waals surface area contributed by atoms with Crippen molar-refractivity contribution >= 4 is 6.03 Å². The van der Waals surface area contributed by atoms with Crippen molar-refractivity contribution in [1.29, 1.82) is 0 Å². The van der Waals surface area contributed by atoms with Gasteiger partial charge < -0.3 is 14.5 Å². The summed E-state index contributed by atoms with van der Waals surface area (Å²) in [5, 5.41) is 6.83. The highest BCUT2D eigenvalue weighted by Gasteiger charge is 2.29. The summed E-state index contributed by atoms with van der Waals surface area (Å²) in [6.07, 6.45) is 6.60. The Labute approximate surface area is 147 Å². The van der Waals surface area contributed by atoms with Crippen LogP contribution in [0.2, 0.25) is 0 Å². The Hall–Kier alpha value is -2.57. The second-order valence-electron chi connectivity index (χ2n) is 6.71. The molecule has 4 rings (SSSR count). The first-order valence-corrected chi connectivity index (χ1v) is 8.92. The summed E-state index contributed by atoms with van der Waals surface area (Å²) >= 11 is 0. The first-order chi connectivity index (χ1) is 12.3. The third-order valence-corrected chi connectivity index (χ3v) is 5.01. The highest BCUT2D eigenvalue weighted by Crippen LogP contribution is 2.22. The molecule has 0 unspecified atom stereocenters. The van der Waals surface area contributed by atoms with Gasteiger partial charge in [-0.2, -0.15) is 5.10 Å². The second kappa shape index (κ2) is 7.13. The van der Waals surface area contributed by atoms with Crippen LogP contribution < -0.4 is 4.74 Å². The van der Waals surface area contributed by atoms with Gasteiger partial charge in [0.2, 0.25) is 0 Å². The number of hydrogen-bond donors (Lipinski definition) is 1. The fourth-order valence-corrected chi connectivity index (χ4v) is 3.24. The lowest BCUT2D eigenvalue weighted by Gasteiger charge is -2.39. The molecule has 2 amide bonds. The fraction of sp³-hybridized carbons (Fsp3) is 0.500. The number of urea groups is 1. The maximum Gasteiger partial charge on any atom is 0.319 e. The van der Waals surface area contributed by atoms with E-state index in [0.717, 1.165) is 62.6 Å². The zero-order chi connectivity index (χ0) is 17.1. The lowest BCUT2D eigenvalue weighted by Crippen LogP contribution is -2.52. The molecule has 25 heavy (non-hydrogen) atoms. The van der Waals surface area contributed by atoms with Gasteiger partial charge in [0.15, 0.2) is 0 Å². The molecule has 0 aromatic carbocycles. The van der Waals surface area contributed by atoms with Crippen molar-refractivity contribution < 1.29 is 9.53 Å². The predicted molar refractivity (Wildman–Crippen MR) is 93.2 cm³/mol. The van der Waals surface area contributed by atoms with E-state index < -0.39 is 0 Å². The minimum atomic E-state index is 0.212. The molecular formula is C18H23N5O2. The molecule has 2 aromatic rings. The van der Waals surface area contributed by atoms with Crippen molar-refractivity contribution in [3.8, 4) is 17.1 Å². The normalized spacial score (nSPS) is 18.1. The zero-order valence-electron chi connectivity index (χ0n) is 14.2. The SMILES string of the molecule is O=C(N1CCC1)N1CCC(COc2ccc(-c3ccn[nH]3)nc2)CC1. The molecule has 0 atom stereocenters. The van der Waals surface area contributed by atoms with Gasteiger partial charge in [-0.15, -0.1) is 0 Å². The van der Waals surface area contributed by atoms with Crippen molar-refractivity contribution in [2.24, 2.45) is 5.92 Å². The molecule has 0 aliphatic carbocycles. The first-order valence-electron chi connectivity index (χ1n) is 8.92. The number of carbonyl (C=O) groups is 1. The number of rotatable bonds is 4. The van der Waals surface area contributed by atoms with Crippen molar-refractivity contribution in [2.75, 3.05) is 32.8 Å². The molecule has 2 fully saturated rings. The predicted octanol–water partition coefficient (Wildman–Crippen LogP) is 2.39. The third kappa shape index (κ3) is 3.60. The molecule has 0 saturated carbocycles. The summed E-state index contributed by atoms with van der Waals surface area (Å²) in [5.74, 6) is 1.27. The Morgan fingerprint density at radius 2 is 1.96 bits per heavy atom. The second-order valence-corrected chi connectivity index (χ2v) is 6.71. The van der Waals surface area contributed by atoms with Crippen LogP contribution in [0.1, 0.15) is 19.3 Å². The van der Waals surface area contributed by atoms with Crippen LogP contribution in [0.3, 0.4) is 0 Å². The van der Waals surface area contributed by atoms with E-state index in [1.165, 1.54) is 0 Å². The van der Waals surface area contributed by atoms with Gasteiger partial charge in [-0.3, -0.25) is 10.1 Å². The number of hydrogen-bond acceptors (Lipinski definition) is 4. The summed E-state index contributed by atoms with van der Waals surface area (Å²) in [5.41, 5.74) is 1.74. The van der Waals surface area contributed by atoms with E-state index in [9.17, 15) is 4.79 Å². The Morgan fingerprint density at radius 3 is 2.56 bits per heavy atom. The van der Waals surface area contributed by atoms with Crippen molar-refractivity contribution in [3.05, 3.63) is 30.6 Å². The molecule has 7 nitrogen and oxygen atoms in total. The minimum Gasteiger partial charge on any atom is -0.492 e.